The number of benzene rings is 2. The molecule has 4 rings (SSSR count). The van der Waals surface area contributed by atoms with E-state index >= 15 is 0 Å². The Labute approximate surface area is 187 Å². The van der Waals surface area contributed by atoms with Crippen LogP contribution >= 0.6 is 23.4 Å². The minimum Gasteiger partial charge on any atom is -0.351 e. The Morgan fingerprint density at radius 3 is 2.42 bits per heavy atom. The minimum absolute atomic E-state index is 0.156. The fourth-order valence-electron chi connectivity index (χ4n) is 2.86. The number of aromatic nitrogens is 4. The molecule has 9 heteroatoms. The molecule has 1 amide bonds. The zero-order chi connectivity index (χ0) is 21.6. The number of hydrogen-bond acceptors (Lipinski definition) is 5. The first kappa shape index (κ1) is 21.0. The van der Waals surface area contributed by atoms with Crippen molar-refractivity contribution in [3.05, 3.63) is 89.5 Å². The molecule has 0 spiro atoms. The van der Waals surface area contributed by atoms with Crippen molar-refractivity contribution in [1.82, 2.24) is 25.1 Å². The summed E-state index contributed by atoms with van der Waals surface area (Å²) in [6.45, 7) is 0.325. The molecule has 0 saturated carbocycles. The molecular formula is C22H17ClFN5OS. The Morgan fingerprint density at radius 2 is 1.71 bits per heavy atom. The molecule has 2 aromatic carbocycles. The van der Waals surface area contributed by atoms with E-state index < -0.39 is 0 Å². The van der Waals surface area contributed by atoms with Gasteiger partial charge in [0.25, 0.3) is 0 Å². The maximum atomic E-state index is 13.0. The highest BCUT2D eigenvalue weighted by Crippen LogP contribution is 2.28. The maximum absolute atomic E-state index is 13.0. The Hall–Kier alpha value is -3.23. The van der Waals surface area contributed by atoms with Gasteiger partial charge in [0.05, 0.1) is 5.75 Å². The van der Waals surface area contributed by atoms with E-state index in [-0.39, 0.29) is 17.5 Å². The van der Waals surface area contributed by atoms with Crippen LogP contribution in [0, 0.1) is 5.82 Å². The molecule has 31 heavy (non-hydrogen) atoms. The highest BCUT2D eigenvalue weighted by atomic mass is 35.5. The second-order valence-electron chi connectivity index (χ2n) is 6.55. The van der Waals surface area contributed by atoms with Crippen LogP contribution in [0.5, 0.6) is 0 Å². The minimum atomic E-state index is -0.308. The summed E-state index contributed by atoms with van der Waals surface area (Å²) in [4.78, 5) is 16.4. The molecule has 156 valence electrons. The van der Waals surface area contributed by atoms with Crippen LogP contribution in [0.2, 0.25) is 5.02 Å². The molecule has 0 saturated heterocycles. The third kappa shape index (κ3) is 5.28. The molecule has 6 nitrogen and oxygen atoms in total. The summed E-state index contributed by atoms with van der Waals surface area (Å²) >= 11 is 7.31. The van der Waals surface area contributed by atoms with Crippen LogP contribution in [0.3, 0.4) is 0 Å². The number of hydrogen-bond donors (Lipinski definition) is 1. The summed E-state index contributed by atoms with van der Waals surface area (Å²) in [5, 5.41) is 12.6. The highest BCUT2D eigenvalue weighted by Gasteiger charge is 2.17. The molecule has 2 heterocycles. The lowest BCUT2D eigenvalue weighted by Crippen LogP contribution is -2.24. The smallest absolute Gasteiger partial charge is 0.230 e. The van der Waals surface area contributed by atoms with Crippen molar-refractivity contribution in [2.75, 3.05) is 5.75 Å². The van der Waals surface area contributed by atoms with E-state index in [2.05, 4.69) is 20.5 Å². The van der Waals surface area contributed by atoms with Gasteiger partial charge in [0, 0.05) is 35.2 Å². The first-order valence-electron chi connectivity index (χ1n) is 9.36. The average molecular weight is 454 g/mol. The molecule has 0 aliphatic carbocycles. The van der Waals surface area contributed by atoms with Crippen LogP contribution in [0.1, 0.15) is 5.56 Å². The number of nitrogens with zero attached hydrogens (tertiary/aromatic N) is 4. The van der Waals surface area contributed by atoms with E-state index in [4.69, 9.17) is 11.6 Å². The summed E-state index contributed by atoms with van der Waals surface area (Å²) in [5.74, 6) is 0.324. The Balaban J connectivity index is 1.51. The molecular weight excluding hydrogens is 437 g/mol. The van der Waals surface area contributed by atoms with E-state index in [1.165, 1.54) is 23.9 Å². The average Bonchev–Trinajstić information content (AvgIpc) is 3.22. The maximum Gasteiger partial charge on any atom is 0.230 e. The molecule has 0 atom stereocenters. The van der Waals surface area contributed by atoms with Crippen molar-refractivity contribution in [2.24, 2.45) is 0 Å². The lowest BCUT2D eigenvalue weighted by atomic mass is 10.2. The molecule has 4 aromatic rings. The van der Waals surface area contributed by atoms with Crippen molar-refractivity contribution < 1.29 is 9.18 Å². The number of carbonyl (C=O) groups is 1. The van der Waals surface area contributed by atoms with Gasteiger partial charge in [-0.05, 0) is 54.1 Å². The molecule has 0 fully saturated rings. The van der Waals surface area contributed by atoms with Gasteiger partial charge < -0.3 is 5.32 Å². The number of nitrogens with one attached hydrogen (secondary N) is 1. The van der Waals surface area contributed by atoms with Gasteiger partial charge in [-0.2, -0.15) is 0 Å². The normalized spacial score (nSPS) is 10.8. The SMILES string of the molecule is O=C(CSc1nnc(-c2ccncc2)n1-c1ccc(Cl)cc1)NCc1ccc(F)cc1. The summed E-state index contributed by atoms with van der Waals surface area (Å²) < 4.78 is 14.9. The monoisotopic (exact) mass is 453 g/mol. The fourth-order valence-corrected chi connectivity index (χ4v) is 3.77. The van der Waals surface area contributed by atoms with Crippen molar-refractivity contribution in [1.29, 1.82) is 0 Å². The van der Waals surface area contributed by atoms with Crippen LogP contribution in [0.4, 0.5) is 4.39 Å². The van der Waals surface area contributed by atoms with Crippen molar-refractivity contribution in [2.45, 2.75) is 11.7 Å². The van der Waals surface area contributed by atoms with Crippen LogP contribution in [-0.4, -0.2) is 31.4 Å². The van der Waals surface area contributed by atoms with Crippen molar-refractivity contribution in [3.8, 4) is 17.1 Å². The first-order chi connectivity index (χ1) is 15.1. The number of carbonyl (C=O) groups excluding carboxylic acids is 1. The van der Waals surface area contributed by atoms with Gasteiger partial charge in [0.1, 0.15) is 5.82 Å². The van der Waals surface area contributed by atoms with Crippen LogP contribution < -0.4 is 5.32 Å². The van der Waals surface area contributed by atoms with E-state index in [0.717, 1.165) is 16.8 Å². The van der Waals surface area contributed by atoms with Gasteiger partial charge >= 0.3 is 0 Å². The molecule has 2 aromatic heterocycles. The molecule has 0 aliphatic rings. The summed E-state index contributed by atoms with van der Waals surface area (Å²) in [6.07, 6.45) is 3.37. The second kappa shape index (κ2) is 9.72. The van der Waals surface area contributed by atoms with E-state index in [0.29, 0.717) is 22.5 Å². The number of rotatable bonds is 7. The molecule has 0 unspecified atom stereocenters. The van der Waals surface area contributed by atoms with E-state index in [9.17, 15) is 9.18 Å². The number of amides is 1. The van der Waals surface area contributed by atoms with Gasteiger partial charge in [-0.15, -0.1) is 10.2 Å². The Bertz CT molecular complexity index is 1170. The van der Waals surface area contributed by atoms with Crippen LogP contribution in [0.15, 0.2) is 78.2 Å². The van der Waals surface area contributed by atoms with Crippen molar-refractivity contribution in [3.63, 3.8) is 0 Å². The topological polar surface area (TPSA) is 72.7 Å². The number of thioether (sulfide) groups is 1. The van der Waals surface area contributed by atoms with Crippen LogP contribution in [0.25, 0.3) is 17.1 Å². The standard InChI is InChI=1S/C22H17ClFN5OS/c23-17-3-7-19(8-4-17)29-21(16-9-11-25-12-10-16)27-28-22(29)31-14-20(30)26-13-15-1-5-18(24)6-2-15/h1-12H,13-14H2,(H,26,30). The lowest BCUT2D eigenvalue weighted by Gasteiger charge is -2.10. The van der Waals surface area contributed by atoms with Gasteiger partial charge in [0.15, 0.2) is 11.0 Å². The highest BCUT2D eigenvalue weighted by molar-refractivity contribution is 7.99. The van der Waals surface area contributed by atoms with E-state index in [1.54, 1.807) is 36.7 Å². The third-order valence-corrected chi connectivity index (χ3v) is 5.57. The Morgan fingerprint density at radius 1 is 1.00 bits per heavy atom. The zero-order valence-electron chi connectivity index (χ0n) is 16.2. The first-order valence-corrected chi connectivity index (χ1v) is 10.7. The second-order valence-corrected chi connectivity index (χ2v) is 7.92. The molecule has 0 radical (unpaired) electrons. The predicted octanol–water partition coefficient (Wildman–Crippen LogP) is 4.53. The van der Waals surface area contributed by atoms with Crippen LogP contribution in [-0.2, 0) is 11.3 Å². The van der Waals surface area contributed by atoms with Gasteiger partial charge in [-0.25, -0.2) is 4.39 Å². The molecule has 0 aliphatic heterocycles. The summed E-state index contributed by atoms with van der Waals surface area (Å²) in [6, 6.07) is 17.0. The van der Waals surface area contributed by atoms with E-state index in [1.807, 2.05) is 28.8 Å². The molecule has 0 bridgehead atoms. The zero-order valence-corrected chi connectivity index (χ0v) is 17.8. The lowest BCUT2D eigenvalue weighted by molar-refractivity contribution is -0.118. The third-order valence-electron chi connectivity index (χ3n) is 4.39. The quantitative estimate of drug-likeness (QED) is 0.416. The summed E-state index contributed by atoms with van der Waals surface area (Å²) in [7, 11) is 0. The predicted molar refractivity (Wildman–Crippen MR) is 119 cm³/mol. The van der Waals surface area contributed by atoms with Gasteiger partial charge in [-0.1, -0.05) is 35.5 Å². The van der Waals surface area contributed by atoms with Gasteiger partial charge in [0.2, 0.25) is 5.91 Å². The number of halogens is 2. The number of pyridine rings is 1. The van der Waals surface area contributed by atoms with Crippen molar-refractivity contribution >= 4 is 29.3 Å². The summed E-state index contributed by atoms with van der Waals surface area (Å²) in [5.41, 5.74) is 2.50. The molecule has 1 N–H and O–H groups in total. The fraction of sp³-hybridized carbons (Fsp3) is 0.0909. The largest absolute Gasteiger partial charge is 0.351 e. The Kier molecular flexibility index (Phi) is 6.59. The van der Waals surface area contributed by atoms with Gasteiger partial charge in [-0.3, -0.25) is 14.3 Å².